The van der Waals surface area contributed by atoms with Gasteiger partial charge >= 0.3 is 0 Å². The number of ether oxygens (including phenoxy) is 1. The molecule has 1 fully saturated rings. The van der Waals surface area contributed by atoms with Crippen LogP contribution >= 0.6 is 0 Å². The van der Waals surface area contributed by atoms with Crippen LogP contribution in [0.25, 0.3) is 0 Å². The van der Waals surface area contributed by atoms with E-state index in [1.807, 2.05) is 17.2 Å². The predicted molar refractivity (Wildman–Crippen MR) is 81.9 cm³/mol. The molecule has 2 rings (SSSR count). The number of carbonyl (C=O) groups excluding carboxylic acids is 1. The Balaban J connectivity index is 1.70. The van der Waals surface area contributed by atoms with Gasteiger partial charge in [-0.1, -0.05) is 26.7 Å². The third kappa shape index (κ3) is 5.50. The molecule has 5 heteroatoms. The van der Waals surface area contributed by atoms with E-state index in [0.717, 1.165) is 25.4 Å². The lowest BCUT2D eigenvalue weighted by molar-refractivity contribution is -0.139. The number of morpholine rings is 1. The number of hydrogen-bond acceptors (Lipinski definition) is 3. The van der Waals surface area contributed by atoms with E-state index in [0.29, 0.717) is 19.6 Å². The Labute approximate surface area is 127 Å². The molecule has 1 aliphatic rings. The van der Waals surface area contributed by atoms with Gasteiger partial charge < -0.3 is 9.64 Å². The standard InChI is InChI=1S/C16H27N3O2/c1-14(2)5-3-6-15-13-18(11-12-21-15)16(20)7-10-19-9-4-8-17-19/h4,8-9,14-15H,3,5-7,10-13H2,1-2H3/t15-/m1/s1. The van der Waals surface area contributed by atoms with E-state index in [4.69, 9.17) is 4.74 Å². The maximum atomic E-state index is 12.3. The molecule has 0 saturated carbocycles. The molecule has 1 aliphatic heterocycles. The van der Waals surface area contributed by atoms with Gasteiger partial charge in [0.05, 0.1) is 12.7 Å². The lowest BCUT2D eigenvalue weighted by Gasteiger charge is -2.33. The second-order valence-electron chi connectivity index (χ2n) is 6.18. The van der Waals surface area contributed by atoms with E-state index < -0.39 is 0 Å². The third-order valence-corrected chi connectivity index (χ3v) is 3.91. The second kappa shape index (κ2) is 8.17. The Morgan fingerprint density at radius 1 is 1.48 bits per heavy atom. The molecule has 1 amide bonds. The number of aryl methyl sites for hydroxylation is 1. The van der Waals surface area contributed by atoms with Crippen LogP contribution in [0.3, 0.4) is 0 Å². The molecular formula is C16H27N3O2. The average Bonchev–Trinajstić information content (AvgIpc) is 2.98. The molecule has 2 heterocycles. The second-order valence-corrected chi connectivity index (χ2v) is 6.18. The minimum absolute atomic E-state index is 0.211. The molecule has 1 aromatic rings. The fourth-order valence-electron chi connectivity index (χ4n) is 2.68. The van der Waals surface area contributed by atoms with Gasteiger partial charge in [-0.3, -0.25) is 9.48 Å². The van der Waals surface area contributed by atoms with Crippen LogP contribution in [0.1, 0.15) is 39.5 Å². The van der Waals surface area contributed by atoms with Crippen LogP contribution in [0.4, 0.5) is 0 Å². The number of hydrogen-bond donors (Lipinski definition) is 0. The summed E-state index contributed by atoms with van der Waals surface area (Å²) in [5, 5.41) is 4.13. The van der Waals surface area contributed by atoms with E-state index in [9.17, 15) is 4.79 Å². The molecule has 1 aromatic heterocycles. The number of nitrogens with zero attached hydrogens (tertiary/aromatic N) is 3. The molecule has 0 spiro atoms. The van der Waals surface area contributed by atoms with Crippen LogP contribution in [0, 0.1) is 5.92 Å². The van der Waals surface area contributed by atoms with Gasteiger partial charge in [-0.25, -0.2) is 0 Å². The van der Waals surface area contributed by atoms with Crippen molar-refractivity contribution in [3.8, 4) is 0 Å². The zero-order chi connectivity index (χ0) is 15.1. The van der Waals surface area contributed by atoms with Crippen molar-refractivity contribution in [2.45, 2.75) is 52.2 Å². The molecule has 0 unspecified atom stereocenters. The molecule has 1 saturated heterocycles. The van der Waals surface area contributed by atoms with Gasteiger partial charge in [0.15, 0.2) is 0 Å². The summed E-state index contributed by atoms with van der Waals surface area (Å²) in [7, 11) is 0. The lowest BCUT2D eigenvalue weighted by Crippen LogP contribution is -2.45. The summed E-state index contributed by atoms with van der Waals surface area (Å²) in [6.07, 6.45) is 7.82. The first-order valence-electron chi connectivity index (χ1n) is 8.02. The summed E-state index contributed by atoms with van der Waals surface area (Å²) in [6, 6.07) is 1.88. The summed E-state index contributed by atoms with van der Waals surface area (Å²) < 4.78 is 7.58. The first-order valence-corrected chi connectivity index (χ1v) is 8.02. The van der Waals surface area contributed by atoms with Gasteiger partial charge in [-0.15, -0.1) is 0 Å². The third-order valence-electron chi connectivity index (χ3n) is 3.91. The zero-order valence-corrected chi connectivity index (χ0v) is 13.2. The van der Waals surface area contributed by atoms with Crippen LogP contribution in [0.5, 0.6) is 0 Å². The van der Waals surface area contributed by atoms with Crippen molar-refractivity contribution < 1.29 is 9.53 Å². The van der Waals surface area contributed by atoms with Gasteiger partial charge in [0.2, 0.25) is 5.91 Å². The topological polar surface area (TPSA) is 47.4 Å². The van der Waals surface area contributed by atoms with Crippen molar-refractivity contribution in [1.29, 1.82) is 0 Å². The van der Waals surface area contributed by atoms with E-state index in [-0.39, 0.29) is 12.0 Å². The molecular weight excluding hydrogens is 266 g/mol. The van der Waals surface area contributed by atoms with Gasteiger partial charge in [0, 0.05) is 38.4 Å². The summed E-state index contributed by atoms with van der Waals surface area (Å²) >= 11 is 0. The highest BCUT2D eigenvalue weighted by molar-refractivity contribution is 5.76. The van der Waals surface area contributed by atoms with Crippen molar-refractivity contribution in [1.82, 2.24) is 14.7 Å². The fraction of sp³-hybridized carbons (Fsp3) is 0.750. The quantitative estimate of drug-likeness (QED) is 0.775. The van der Waals surface area contributed by atoms with Crippen molar-refractivity contribution in [3.63, 3.8) is 0 Å². The zero-order valence-electron chi connectivity index (χ0n) is 13.2. The Kier molecular flexibility index (Phi) is 6.23. The van der Waals surface area contributed by atoms with Crippen molar-refractivity contribution in [2.24, 2.45) is 5.92 Å². The number of aromatic nitrogens is 2. The fourth-order valence-corrected chi connectivity index (χ4v) is 2.68. The summed E-state index contributed by atoms with van der Waals surface area (Å²) in [5.74, 6) is 0.947. The normalized spacial score (nSPS) is 19.2. The van der Waals surface area contributed by atoms with E-state index in [1.165, 1.54) is 12.8 Å². The van der Waals surface area contributed by atoms with Gasteiger partial charge in [0.25, 0.3) is 0 Å². The van der Waals surface area contributed by atoms with Crippen molar-refractivity contribution in [2.75, 3.05) is 19.7 Å². The molecule has 0 radical (unpaired) electrons. The van der Waals surface area contributed by atoms with E-state index >= 15 is 0 Å². The van der Waals surface area contributed by atoms with Crippen molar-refractivity contribution >= 4 is 5.91 Å². The van der Waals surface area contributed by atoms with Crippen LogP contribution < -0.4 is 0 Å². The van der Waals surface area contributed by atoms with Crippen LogP contribution in [-0.4, -0.2) is 46.4 Å². The van der Waals surface area contributed by atoms with Gasteiger partial charge in [0.1, 0.15) is 0 Å². The molecule has 0 bridgehead atoms. The average molecular weight is 293 g/mol. The SMILES string of the molecule is CC(C)CCC[C@@H]1CN(C(=O)CCn2cccn2)CCO1. The Hall–Kier alpha value is -1.36. The van der Waals surface area contributed by atoms with Crippen LogP contribution in [0.2, 0.25) is 0 Å². The largest absolute Gasteiger partial charge is 0.375 e. The summed E-state index contributed by atoms with van der Waals surface area (Å²) in [5.41, 5.74) is 0. The molecule has 5 nitrogen and oxygen atoms in total. The molecule has 21 heavy (non-hydrogen) atoms. The molecule has 118 valence electrons. The highest BCUT2D eigenvalue weighted by Crippen LogP contribution is 2.15. The minimum Gasteiger partial charge on any atom is -0.375 e. The molecule has 0 aromatic carbocycles. The number of amides is 1. The Morgan fingerprint density at radius 2 is 2.33 bits per heavy atom. The van der Waals surface area contributed by atoms with Gasteiger partial charge in [-0.05, 0) is 18.4 Å². The maximum absolute atomic E-state index is 12.3. The van der Waals surface area contributed by atoms with E-state index in [2.05, 4.69) is 18.9 Å². The first kappa shape index (κ1) is 16.0. The highest BCUT2D eigenvalue weighted by Gasteiger charge is 2.23. The lowest BCUT2D eigenvalue weighted by atomic mass is 10.0. The smallest absolute Gasteiger partial charge is 0.224 e. The Bertz CT molecular complexity index is 417. The van der Waals surface area contributed by atoms with Crippen molar-refractivity contribution in [3.05, 3.63) is 18.5 Å². The number of carbonyl (C=O) groups is 1. The summed E-state index contributed by atoms with van der Waals surface area (Å²) in [4.78, 5) is 14.2. The van der Waals surface area contributed by atoms with Crippen LogP contribution in [0.15, 0.2) is 18.5 Å². The van der Waals surface area contributed by atoms with E-state index in [1.54, 1.807) is 10.9 Å². The van der Waals surface area contributed by atoms with Crippen LogP contribution in [-0.2, 0) is 16.1 Å². The maximum Gasteiger partial charge on any atom is 0.224 e. The molecule has 0 aliphatic carbocycles. The highest BCUT2D eigenvalue weighted by atomic mass is 16.5. The molecule has 0 N–H and O–H groups in total. The Morgan fingerprint density at radius 3 is 3.05 bits per heavy atom. The number of rotatable bonds is 7. The molecule has 1 atom stereocenters. The monoisotopic (exact) mass is 293 g/mol. The summed E-state index contributed by atoms with van der Waals surface area (Å²) in [6.45, 7) is 7.27. The predicted octanol–water partition coefficient (Wildman–Crippen LogP) is 2.33. The minimum atomic E-state index is 0.211. The first-order chi connectivity index (χ1) is 10.1. The van der Waals surface area contributed by atoms with Gasteiger partial charge in [-0.2, -0.15) is 5.10 Å².